The lowest BCUT2D eigenvalue weighted by atomic mass is 10.1. The lowest BCUT2D eigenvalue weighted by Crippen LogP contribution is -2.20. The minimum absolute atomic E-state index is 0.167. The van der Waals surface area contributed by atoms with Gasteiger partial charge < -0.3 is 14.6 Å². The predicted molar refractivity (Wildman–Crippen MR) is 98.2 cm³/mol. The van der Waals surface area contributed by atoms with Gasteiger partial charge in [-0.1, -0.05) is 35.5 Å². The van der Waals surface area contributed by atoms with Crippen molar-refractivity contribution < 1.29 is 14.1 Å². The van der Waals surface area contributed by atoms with Crippen molar-refractivity contribution in [1.82, 2.24) is 15.5 Å². The molecule has 1 N–H and O–H groups in total. The van der Waals surface area contributed by atoms with Gasteiger partial charge in [-0.05, 0) is 42.3 Å². The fraction of sp³-hybridized carbons (Fsp3) is 0.150. The summed E-state index contributed by atoms with van der Waals surface area (Å²) in [5.41, 5.74) is 2.70. The molecule has 0 saturated heterocycles. The van der Waals surface area contributed by atoms with Gasteiger partial charge in [-0.2, -0.15) is 4.98 Å². The number of allylic oxidation sites excluding steroid dienone is 1. The molecule has 1 amide bonds. The topological polar surface area (TPSA) is 77.3 Å². The van der Waals surface area contributed by atoms with Gasteiger partial charge in [-0.15, -0.1) is 0 Å². The summed E-state index contributed by atoms with van der Waals surface area (Å²) in [6.07, 6.45) is 1.55. The maximum atomic E-state index is 12.1. The number of nitrogens with zero attached hydrogens (tertiary/aromatic N) is 2. The van der Waals surface area contributed by atoms with Crippen LogP contribution in [0.15, 0.2) is 65.2 Å². The molecule has 3 aromatic rings. The van der Waals surface area contributed by atoms with E-state index in [2.05, 4.69) is 15.5 Å². The van der Waals surface area contributed by atoms with E-state index in [4.69, 9.17) is 9.26 Å². The number of ether oxygens (including phenoxy) is 1. The van der Waals surface area contributed by atoms with Gasteiger partial charge in [0.15, 0.2) is 0 Å². The van der Waals surface area contributed by atoms with E-state index >= 15 is 0 Å². The summed E-state index contributed by atoms with van der Waals surface area (Å²) in [7, 11) is 1.61. The molecule has 2 aromatic carbocycles. The molecule has 6 nitrogen and oxygen atoms in total. The Balaban J connectivity index is 1.60. The maximum absolute atomic E-state index is 12.1. The highest BCUT2D eigenvalue weighted by molar-refractivity contribution is 5.94. The molecule has 1 heterocycles. The lowest BCUT2D eigenvalue weighted by Gasteiger charge is -2.02. The van der Waals surface area contributed by atoms with Crippen LogP contribution in [-0.4, -0.2) is 23.2 Å². The van der Waals surface area contributed by atoms with E-state index in [1.807, 2.05) is 61.5 Å². The molecule has 0 atom stereocenters. The smallest absolute Gasteiger partial charge is 0.246 e. The molecule has 0 radical (unpaired) electrons. The molecule has 0 aliphatic heterocycles. The lowest BCUT2D eigenvalue weighted by molar-refractivity contribution is -0.116. The summed E-state index contributed by atoms with van der Waals surface area (Å²) in [4.78, 5) is 16.3. The Hall–Kier alpha value is -3.41. The Morgan fingerprint density at radius 3 is 2.58 bits per heavy atom. The number of hydrogen-bond acceptors (Lipinski definition) is 5. The highest BCUT2D eigenvalue weighted by Crippen LogP contribution is 2.19. The van der Waals surface area contributed by atoms with Crippen LogP contribution in [-0.2, 0) is 11.3 Å². The number of amides is 1. The van der Waals surface area contributed by atoms with Crippen LogP contribution in [0.2, 0.25) is 0 Å². The minimum Gasteiger partial charge on any atom is -0.497 e. The number of nitrogens with one attached hydrogen (secondary N) is 1. The Bertz CT molecular complexity index is 900. The molecular formula is C20H19N3O3. The monoisotopic (exact) mass is 349 g/mol. The van der Waals surface area contributed by atoms with Crippen LogP contribution in [0, 0.1) is 0 Å². The Labute approximate surface area is 151 Å². The van der Waals surface area contributed by atoms with E-state index in [-0.39, 0.29) is 12.5 Å². The first kappa shape index (κ1) is 17.4. The van der Waals surface area contributed by atoms with Crippen molar-refractivity contribution >= 4 is 11.5 Å². The molecule has 3 rings (SSSR count). The van der Waals surface area contributed by atoms with Gasteiger partial charge in [-0.3, -0.25) is 4.79 Å². The van der Waals surface area contributed by atoms with Crippen molar-refractivity contribution in [3.8, 4) is 17.1 Å². The van der Waals surface area contributed by atoms with Gasteiger partial charge in [0.2, 0.25) is 17.6 Å². The number of rotatable bonds is 6. The van der Waals surface area contributed by atoms with E-state index in [1.54, 1.807) is 13.2 Å². The average Bonchev–Trinajstić information content (AvgIpc) is 3.16. The molecule has 0 unspecified atom stereocenters. The van der Waals surface area contributed by atoms with Gasteiger partial charge in [0.05, 0.1) is 13.7 Å². The summed E-state index contributed by atoms with van der Waals surface area (Å²) in [5, 5.41) is 6.69. The quantitative estimate of drug-likeness (QED) is 0.690. The van der Waals surface area contributed by atoms with Crippen LogP contribution in [0.3, 0.4) is 0 Å². The van der Waals surface area contributed by atoms with Gasteiger partial charge in [0.25, 0.3) is 0 Å². The predicted octanol–water partition coefficient (Wildman–Crippen LogP) is 3.46. The number of benzene rings is 2. The Morgan fingerprint density at radius 1 is 1.15 bits per heavy atom. The van der Waals surface area contributed by atoms with Crippen LogP contribution in [0.4, 0.5) is 0 Å². The summed E-state index contributed by atoms with van der Waals surface area (Å²) >= 11 is 0. The number of aromatic nitrogens is 2. The molecule has 6 heteroatoms. The summed E-state index contributed by atoms with van der Waals surface area (Å²) in [5.74, 6) is 1.35. The minimum atomic E-state index is -0.212. The zero-order chi connectivity index (χ0) is 18.4. The fourth-order valence-corrected chi connectivity index (χ4v) is 2.38. The van der Waals surface area contributed by atoms with Crippen LogP contribution in [0.5, 0.6) is 5.75 Å². The molecule has 132 valence electrons. The summed E-state index contributed by atoms with van der Waals surface area (Å²) in [6, 6.07) is 17.1. The Morgan fingerprint density at radius 2 is 1.88 bits per heavy atom. The third-order valence-corrected chi connectivity index (χ3v) is 3.81. The molecule has 26 heavy (non-hydrogen) atoms. The van der Waals surface area contributed by atoms with E-state index in [9.17, 15) is 4.79 Å². The van der Waals surface area contributed by atoms with E-state index in [1.165, 1.54) is 0 Å². The summed E-state index contributed by atoms with van der Waals surface area (Å²) in [6.45, 7) is 2.06. The second-order valence-corrected chi connectivity index (χ2v) is 5.65. The van der Waals surface area contributed by atoms with Gasteiger partial charge >= 0.3 is 0 Å². The molecule has 0 bridgehead atoms. The second kappa shape index (κ2) is 8.11. The van der Waals surface area contributed by atoms with Crippen LogP contribution in [0.1, 0.15) is 18.4 Å². The molecular weight excluding hydrogens is 330 g/mol. The van der Waals surface area contributed by atoms with Gasteiger partial charge in [-0.25, -0.2) is 0 Å². The van der Waals surface area contributed by atoms with Gasteiger partial charge in [0, 0.05) is 11.6 Å². The largest absolute Gasteiger partial charge is 0.497 e. The van der Waals surface area contributed by atoms with Crippen LogP contribution >= 0.6 is 0 Å². The number of hydrogen-bond donors (Lipinski definition) is 1. The first-order valence-corrected chi connectivity index (χ1v) is 8.14. The molecule has 0 spiro atoms. The number of methoxy groups -OCH3 is 1. The highest BCUT2D eigenvalue weighted by atomic mass is 16.5. The van der Waals surface area contributed by atoms with Crippen molar-refractivity contribution in [2.24, 2.45) is 0 Å². The first-order valence-electron chi connectivity index (χ1n) is 8.14. The van der Waals surface area contributed by atoms with Crippen molar-refractivity contribution in [2.45, 2.75) is 13.5 Å². The Kier molecular flexibility index (Phi) is 5.43. The zero-order valence-corrected chi connectivity index (χ0v) is 14.6. The maximum Gasteiger partial charge on any atom is 0.246 e. The first-order chi connectivity index (χ1) is 12.7. The van der Waals surface area contributed by atoms with E-state index < -0.39 is 0 Å². The SMILES string of the molecule is COc1ccc(-c2noc(CNC(=O)/C=C(\C)c3ccccc3)n2)cc1. The third-order valence-electron chi connectivity index (χ3n) is 3.81. The summed E-state index contributed by atoms with van der Waals surface area (Å²) < 4.78 is 10.3. The zero-order valence-electron chi connectivity index (χ0n) is 14.6. The molecule has 0 saturated carbocycles. The van der Waals surface area contributed by atoms with Crippen molar-refractivity contribution in [3.63, 3.8) is 0 Å². The number of carbonyl (C=O) groups is 1. The third kappa shape index (κ3) is 4.36. The van der Waals surface area contributed by atoms with E-state index in [0.29, 0.717) is 11.7 Å². The van der Waals surface area contributed by atoms with Crippen LogP contribution < -0.4 is 10.1 Å². The molecule has 0 aliphatic carbocycles. The second-order valence-electron chi connectivity index (χ2n) is 5.65. The normalized spacial score (nSPS) is 11.2. The van der Waals surface area contributed by atoms with Crippen molar-refractivity contribution in [2.75, 3.05) is 7.11 Å². The van der Waals surface area contributed by atoms with E-state index in [0.717, 1.165) is 22.4 Å². The van der Waals surface area contributed by atoms with Crippen LogP contribution in [0.25, 0.3) is 17.0 Å². The highest BCUT2D eigenvalue weighted by Gasteiger charge is 2.09. The average molecular weight is 349 g/mol. The standard InChI is InChI=1S/C20H19N3O3/c1-14(15-6-4-3-5-7-15)12-18(24)21-13-19-22-20(23-26-19)16-8-10-17(25-2)11-9-16/h3-12H,13H2,1-2H3,(H,21,24)/b14-12+. The number of carbonyl (C=O) groups excluding carboxylic acids is 1. The molecule has 0 aliphatic rings. The molecule has 0 fully saturated rings. The van der Waals surface area contributed by atoms with Crippen molar-refractivity contribution in [1.29, 1.82) is 0 Å². The fourth-order valence-electron chi connectivity index (χ4n) is 2.38. The molecule has 1 aromatic heterocycles. The van der Waals surface area contributed by atoms with Gasteiger partial charge in [0.1, 0.15) is 5.75 Å². The van der Waals surface area contributed by atoms with Crippen molar-refractivity contribution in [3.05, 3.63) is 72.1 Å².